The average Bonchev–Trinajstić information content (AvgIpc) is 2.97. The Morgan fingerprint density at radius 3 is 2.32 bits per heavy atom. The third-order valence-corrected chi connectivity index (χ3v) is 7.37. The SMILES string of the molecule is Cc1ccccc1C(c1ccccc1)n1c(=O)ccc2cnc(Nc3ccc(N4CCCCC4)cc3)nc21. The molecule has 6 rings (SSSR count). The van der Waals surface area contributed by atoms with Gasteiger partial charge in [0.1, 0.15) is 5.65 Å². The number of aromatic nitrogens is 3. The molecule has 5 aromatic rings. The molecule has 0 spiro atoms. The zero-order chi connectivity index (χ0) is 25.9. The maximum atomic E-state index is 13.5. The molecule has 2 aromatic heterocycles. The summed E-state index contributed by atoms with van der Waals surface area (Å²) >= 11 is 0. The van der Waals surface area contributed by atoms with Crippen LogP contribution >= 0.6 is 0 Å². The van der Waals surface area contributed by atoms with E-state index in [1.54, 1.807) is 22.9 Å². The van der Waals surface area contributed by atoms with Gasteiger partial charge in [-0.25, -0.2) is 4.98 Å². The lowest BCUT2D eigenvalue weighted by Gasteiger charge is -2.28. The fourth-order valence-electron chi connectivity index (χ4n) is 5.38. The van der Waals surface area contributed by atoms with E-state index >= 15 is 0 Å². The molecule has 0 amide bonds. The van der Waals surface area contributed by atoms with Crippen molar-refractivity contribution in [2.24, 2.45) is 0 Å². The molecular weight excluding hydrogens is 470 g/mol. The second-order valence-corrected chi connectivity index (χ2v) is 9.90. The molecule has 190 valence electrons. The zero-order valence-corrected chi connectivity index (χ0v) is 21.5. The summed E-state index contributed by atoms with van der Waals surface area (Å²) in [6, 6.07) is 29.8. The summed E-state index contributed by atoms with van der Waals surface area (Å²) in [6.45, 7) is 4.31. The highest BCUT2D eigenvalue weighted by Crippen LogP contribution is 2.30. The number of aryl methyl sites for hydroxylation is 1. The van der Waals surface area contributed by atoms with Crippen molar-refractivity contribution in [1.29, 1.82) is 0 Å². The van der Waals surface area contributed by atoms with E-state index in [0.717, 1.165) is 40.9 Å². The lowest BCUT2D eigenvalue weighted by atomic mass is 9.94. The fraction of sp³-hybridized carbons (Fsp3) is 0.219. The molecule has 0 aliphatic carbocycles. The number of piperidine rings is 1. The minimum absolute atomic E-state index is 0.106. The quantitative estimate of drug-likeness (QED) is 0.289. The molecule has 1 fully saturated rings. The van der Waals surface area contributed by atoms with Crippen molar-refractivity contribution in [3.8, 4) is 0 Å². The van der Waals surface area contributed by atoms with Gasteiger partial charge < -0.3 is 10.2 Å². The zero-order valence-electron chi connectivity index (χ0n) is 21.5. The summed E-state index contributed by atoms with van der Waals surface area (Å²) in [4.78, 5) is 25.3. The topological polar surface area (TPSA) is 63.1 Å². The van der Waals surface area contributed by atoms with Gasteiger partial charge in [0.2, 0.25) is 5.95 Å². The van der Waals surface area contributed by atoms with Crippen LogP contribution in [-0.2, 0) is 0 Å². The summed E-state index contributed by atoms with van der Waals surface area (Å²) in [5, 5.41) is 4.16. The van der Waals surface area contributed by atoms with Crippen LogP contribution in [0.1, 0.15) is 42.0 Å². The molecule has 38 heavy (non-hydrogen) atoms. The van der Waals surface area contributed by atoms with Crippen LogP contribution in [-0.4, -0.2) is 27.6 Å². The second-order valence-electron chi connectivity index (χ2n) is 9.90. The van der Waals surface area contributed by atoms with Gasteiger partial charge in [-0.1, -0.05) is 54.6 Å². The van der Waals surface area contributed by atoms with Crippen LogP contribution in [0.4, 0.5) is 17.3 Å². The fourth-order valence-corrected chi connectivity index (χ4v) is 5.38. The van der Waals surface area contributed by atoms with Gasteiger partial charge in [0.25, 0.3) is 5.56 Å². The Morgan fingerprint density at radius 1 is 0.816 bits per heavy atom. The minimum Gasteiger partial charge on any atom is -0.372 e. The first-order valence-corrected chi connectivity index (χ1v) is 13.3. The van der Waals surface area contributed by atoms with Crippen LogP contribution < -0.4 is 15.8 Å². The Kier molecular flexibility index (Phi) is 6.61. The van der Waals surface area contributed by atoms with E-state index in [0.29, 0.717) is 11.6 Å². The molecule has 3 heterocycles. The van der Waals surface area contributed by atoms with Crippen LogP contribution in [0.3, 0.4) is 0 Å². The van der Waals surface area contributed by atoms with E-state index in [2.05, 4.69) is 70.7 Å². The van der Waals surface area contributed by atoms with E-state index < -0.39 is 0 Å². The number of benzene rings is 3. The Morgan fingerprint density at radius 2 is 1.55 bits per heavy atom. The molecule has 1 saturated heterocycles. The highest BCUT2D eigenvalue weighted by atomic mass is 16.1. The van der Waals surface area contributed by atoms with Crippen molar-refractivity contribution >= 4 is 28.4 Å². The van der Waals surface area contributed by atoms with Gasteiger partial charge in [-0.05, 0) is 73.2 Å². The maximum Gasteiger partial charge on any atom is 0.253 e. The van der Waals surface area contributed by atoms with E-state index in [9.17, 15) is 4.79 Å². The van der Waals surface area contributed by atoms with Gasteiger partial charge in [0.05, 0.1) is 6.04 Å². The Balaban J connectivity index is 1.41. The lowest BCUT2D eigenvalue weighted by Crippen LogP contribution is -2.29. The number of nitrogens with zero attached hydrogens (tertiary/aromatic N) is 4. The second kappa shape index (κ2) is 10.5. The largest absolute Gasteiger partial charge is 0.372 e. The first-order chi connectivity index (χ1) is 18.7. The molecule has 1 atom stereocenters. The summed E-state index contributed by atoms with van der Waals surface area (Å²) in [5.41, 5.74) is 5.85. The highest BCUT2D eigenvalue weighted by Gasteiger charge is 2.22. The van der Waals surface area contributed by atoms with Crippen LogP contribution in [0.15, 0.2) is 102 Å². The van der Waals surface area contributed by atoms with Crippen LogP contribution in [0, 0.1) is 6.92 Å². The maximum absolute atomic E-state index is 13.5. The molecule has 6 heteroatoms. The summed E-state index contributed by atoms with van der Waals surface area (Å²) in [5.74, 6) is 0.458. The minimum atomic E-state index is -0.319. The summed E-state index contributed by atoms with van der Waals surface area (Å²) < 4.78 is 1.79. The molecule has 1 aliphatic heterocycles. The van der Waals surface area contributed by atoms with Crippen LogP contribution in [0.25, 0.3) is 11.0 Å². The predicted molar refractivity (Wildman–Crippen MR) is 154 cm³/mol. The van der Waals surface area contributed by atoms with E-state index in [1.165, 1.54) is 24.9 Å². The number of pyridine rings is 1. The molecule has 1 N–H and O–H groups in total. The summed E-state index contributed by atoms with van der Waals surface area (Å²) in [6.07, 6.45) is 5.59. The molecule has 3 aromatic carbocycles. The Labute approximate surface area is 222 Å². The monoisotopic (exact) mass is 501 g/mol. The first kappa shape index (κ1) is 23.9. The van der Waals surface area contributed by atoms with E-state index in [-0.39, 0.29) is 11.6 Å². The van der Waals surface area contributed by atoms with E-state index in [1.807, 2.05) is 30.3 Å². The number of hydrogen-bond donors (Lipinski definition) is 1. The van der Waals surface area contributed by atoms with Crippen molar-refractivity contribution in [2.45, 2.75) is 32.2 Å². The third kappa shape index (κ3) is 4.77. The number of fused-ring (bicyclic) bond motifs is 1. The van der Waals surface area contributed by atoms with Crippen molar-refractivity contribution < 1.29 is 0 Å². The van der Waals surface area contributed by atoms with Gasteiger partial charge in [-0.15, -0.1) is 0 Å². The van der Waals surface area contributed by atoms with Gasteiger partial charge in [-0.2, -0.15) is 4.98 Å². The van der Waals surface area contributed by atoms with Crippen LogP contribution in [0.5, 0.6) is 0 Å². The number of anilines is 3. The molecule has 6 nitrogen and oxygen atoms in total. The van der Waals surface area contributed by atoms with Crippen molar-refractivity contribution in [2.75, 3.05) is 23.3 Å². The number of rotatable bonds is 6. The number of nitrogens with one attached hydrogen (secondary N) is 1. The predicted octanol–water partition coefficient (Wildman–Crippen LogP) is 6.47. The normalized spacial score (nSPS) is 14.4. The standard InChI is InChI=1S/C32H31N5O/c1-23-10-6-7-13-28(23)30(24-11-4-2-5-12-24)37-29(38)19-14-25-22-33-32(35-31(25)37)34-26-15-17-27(18-16-26)36-20-8-3-9-21-36/h2,4-7,10-19,22,30H,3,8-9,20-21H2,1H3,(H,33,34,35). The van der Waals surface area contributed by atoms with Crippen molar-refractivity contribution in [3.05, 3.63) is 124 Å². The van der Waals surface area contributed by atoms with Gasteiger partial charge in [-0.3, -0.25) is 9.36 Å². The highest BCUT2D eigenvalue weighted by molar-refractivity contribution is 5.76. The van der Waals surface area contributed by atoms with Gasteiger partial charge >= 0.3 is 0 Å². The van der Waals surface area contributed by atoms with Crippen LogP contribution in [0.2, 0.25) is 0 Å². The lowest BCUT2D eigenvalue weighted by molar-refractivity contribution is 0.578. The molecule has 1 aliphatic rings. The van der Waals surface area contributed by atoms with Gasteiger partial charge in [0.15, 0.2) is 0 Å². The first-order valence-electron chi connectivity index (χ1n) is 13.3. The smallest absolute Gasteiger partial charge is 0.253 e. The van der Waals surface area contributed by atoms with Crippen molar-refractivity contribution in [1.82, 2.24) is 14.5 Å². The molecule has 0 bridgehead atoms. The third-order valence-electron chi connectivity index (χ3n) is 7.37. The summed E-state index contributed by atoms with van der Waals surface area (Å²) in [7, 11) is 0. The van der Waals surface area contributed by atoms with Gasteiger partial charge in [0, 0.05) is 42.1 Å². The Bertz CT molecular complexity index is 1610. The Hall–Kier alpha value is -4.45. The average molecular weight is 502 g/mol. The molecular formula is C32H31N5O. The molecule has 0 radical (unpaired) electrons. The number of hydrogen-bond acceptors (Lipinski definition) is 5. The molecule has 0 saturated carbocycles. The van der Waals surface area contributed by atoms with Crippen molar-refractivity contribution in [3.63, 3.8) is 0 Å². The molecule has 1 unspecified atom stereocenters. The van der Waals surface area contributed by atoms with E-state index in [4.69, 9.17) is 4.98 Å².